The summed E-state index contributed by atoms with van der Waals surface area (Å²) in [6, 6.07) is 15.3. The predicted octanol–water partition coefficient (Wildman–Crippen LogP) is 5.56. The molecule has 0 amide bonds. The molecule has 1 heterocycles. The summed E-state index contributed by atoms with van der Waals surface area (Å²) in [5, 5.41) is 10.3. The summed E-state index contributed by atoms with van der Waals surface area (Å²) in [7, 11) is 1.64. The molecule has 0 radical (unpaired) electrons. The van der Waals surface area contributed by atoms with Crippen LogP contribution in [-0.4, -0.2) is 21.9 Å². The van der Waals surface area contributed by atoms with E-state index in [1.807, 2.05) is 66.1 Å². The van der Waals surface area contributed by atoms with Crippen LogP contribution in [0.15, 0.2) is 66.3 Å². The lowest BCUT2D eigenvalue weighted by Gasteiger charge is -2.16. The number of allylic oxidation sites excluding steroid dienone is 1. The summed E-state index contributed by atoms with van der Waals surface area (Å²) in [6.45, 7) is 6.41. The summed E-state index contributed by atoms with van der Waals surface area (Å²) in [5.74, 6) is 2.99. The first-order valence-corrected chi connectivity index (χ1v) is 10.2. The molecule has 1 unspecified atom stereocenters. The Labute approximate surface area is 174 Å². The van der Waals surface area contributed by atoms with Crippen LogP contribution in [0.2, 0.25) is 5.02 Å². The zero-order valence-corrected chi connectivity index (χ0v) is 17.4. The number of hydrogen-bond donors (Lipinski definition) is 0. The molecule has 0 bridgehead atoms. The second-order valence-electron chi connectivity index (χ2n) is 6.06. The van der Waals surface area contributed by atoms with E-state index in [0.29, 0.717) is 12.3 Å². The summed E-state index contributed by atoms with van der Waals surface area (Å²) in [4.78, 5) is 0. The molecule has 0 fully saturated rings. The fraction of sp³-hybridized carbons (Fsp3) is 0.238. The van der Waals surface area contributed by atoms with E-state index in [0.717, 1.165) is 33.1 Å². The first-order valence-electron chi connectivity index (χ1n) is 8.83. The topological polar surface area (TPSA) is 49.2 Å². The molecule has 2 aromatic carbocycles. The van der Waals surface area contributed by atoms with E-state index in [9.17, 15) is 0 Å². The monoisotopic (exact) mass is 415 g/mol. The molecule has 0 spiro atoms. The number of thioether (sulfide) groups is 1. The number of halogens is 1. The van der Waals surface area contributed by atoms with E-state index in [1.54, 1.807) is 18.9 Å². The van der Waals surface area contributed by atoms with Crippen LogP contribution in [0.3, 0.4) is 0 Å². The molecular weight excluding hydrogens is 394 g/mol. The van der Waals surface area contributed by atoms with Crippen molar-refractivity contribution in [3.8, 4) is 11.5 Å². The number of benzene rings is 2. The Hall–Kier alpha value is -2.44. The molecule has 1 aromatic heterocycles. The molecular formula is C21H22ClN3O2S. The van der Waals surface area contributed by atoms with Gasteiger partial charge in [0, 0.05) is 17.3 Å². The van der Waals surface area contributed by atoms with Crippen LogP contribution in [0.25, 0.3) is 0 Å². The van der Waals surface area contributed by atoms with Crippen molar-refractivity contribution < 1.29 is 9.47 Å². The van der Waals surface area contributed by atoms with Crippen molar-refractivity contribution >= 4 is 23.4 Å². The van der Waals surface area contributed by atoms with Crippen molar-refractivity contribution in [2.24, 2.45) is 0 Å². The Morgan fingerprint density at radius 3 is 2.54 bits per heavy atom. The number of hydrogen-bond acceptors (Lipinski definition) is 5. The zero-order valence-electron chi connectivity index (χ0n) is 15.8. The lowest BCUT2D eigenvalue weighted by molar-refractivity contribution is 0.210. The molecule has 146 valence electrons. The fourth-order valence-electron chi connectivity index (χ4n) is 2.68. The minimum absolute atomic E-state index is 0.268. The van der Waals surface area contributed by atoms with Gasteiger partial charge in [0.15, 0.2) is 17.1 Å². The highest BCUT2D eigenvalue weighted by Gasteiger charge is 2.19. The van der Waals surface area contributed by atoms with Gasteiger partial charge < -0.3 is 9.47 Å². The van der Waals surface area contributed by atoms with Gasteiger partial charge >= 0.3 is 0 Å². The van der Waals surface area contributed by atoms with Gasteiger partial charge in [0.1, 0.15) is 11.5 Å². The number of nitrogens with zero attached hydrogens (tertiary/aromatic N) is 3. The van der Waals surface area contributed by atoms with Gasteiger partial charge in [-0.25, -0.2) is 0 Å². The molecule has 0 saturated carbocycles. The smallest absolute Gasteiger partial charge is 0.191 e. The lowest BCUT2D eigenvalue weighted by atomic mass is 10.2. The van der Waals surface area contributed by atoms with Gasteiger partial charge in [-0.2, -0.15) is 0 Å². The Balaban J connectivity index is 1.75. The normalized spacial score (nSPS) is 11.8. The van der Waals surface area contributed by atoms with Crippen LogP contribution in [0.4, 0.5) is 0 Å². The third-order valence-corrected chi connectivity index (χ3v) is 5.49. The average Bonchev–Trinajstić information content (AvgIpc) is 3.11. The van der Waals surface area contributed by atoms with E-state index in [4.69, 9.17) is 21.1 Å². The largest absolute Gasteiger partial charge is 0.497 e. The molecule has 0 aliphatic carbocycles. The van der Waals surface area contributed by atoms with Crippen LogP contribution in [0, 0.1) is 0 Å². The molecule has 28 heavy (non-hydrogen) atoms. The Morgan fingerprint density at radius 1 is 1.14 bits per heavy atom. The summed E-state index contributed by atoms with van der Waals surface area (Å²) in [6.07, 6.45) is 1.56. The van der Waals surface area contributed by atoms with E-state index in [2.05, 4.69) is 16.8 Å². The van der Waals surface area contributed by atoms with Gasteiger partial charge in [0.25, 0.3) is 0 Å². The standard InChI is InChI=1S/C21H22ClN3O2S/c1-4-13-25-20(15(2)27-18-11-9-17(26-3)10-12-18)23-24-21(25)28-14-16-7-5-6-8-19(16)22/h4-12,15H,1,13-14H2,2-3H3. The molecule has 5 nitrogen and oxygen atoms in total. The zero-order chi connectivity index (χ0) is 19.9. The van der Waals surface area contributed by atoms with Gasteiger partial charge in [0.2, 0.25) is 0 Å². The lowest BCUT2D eigenvalue weighted by Crippen LogP contribution is -2.12. The number of aromatic nitrogens is 3. The molecule has 0 aliphatic rings. The SMILES string of the molecule is C=CCn1c(SCc2ccccc2Cl)nnc1C(C)Oc1ccc(OC)cc1. The predicted molar refractivity (Wildman–Crippen MR) is 113 cm³/mol. The van der Waals surface area contributed by atoms with Crippen LogP contribution in [0.5, 0.6) is 11.5 Å². The van der Waals surface area contributed by atoms with Gasteiger partial charge in [-0.3, -0.25) is 4.57 Å². The Bertz CT molecular complexity index is 928. The van der Waals surface area contributed by atoms with E-state index in [1.165, 1.54) is 0 Å². The van der Waals surface area contributed by atoms with Crippen LogP contribution >= 0.6 is 23.4 Å². The Morgan fingerprint density at radius 2 is 1.86 bits per heavy atom. The number of rotatable bonds is 9. The second-order valence-corrected chi connectivity index (χ2v) is 7.41. The maximum absolute atomic E-state index is 6.26. The van der Waals surface area contributed by atoms with Crippen molar-refractivity contribution in [3.63, 3.8) is 0 Å². The molecule has 1 atom stereocenters. The van der Waals surface area contributed by atoms with Crippen LogP contribution < -0.4 is 9.47 Å². The van der Waals surface area contributed by atoms with Crippen molar-refractivity contribution in [2.45, 2.75) is 30.5 Å². The quantitative estimate of drug-likeness (QED) is 0.338. The number of methoxy groups -OCH3 is 1. The van der Waals surface area contributed by atoms with E-state index < -0.39 is 0 Å². The average molecular weight is 416 g/mol. The first kappa shape index (κ1) is 20.3. The van der Waals surface area contributed by atoms with Gasteiger partial charge in [-0.1, -0.05) is 47.6 Å². The maximum atomic E-state index is 6.26. The molecule has 7 heteroatoms. The molecule has 3 rings (SSSR count). The minimum atomic E-state index is -0.268. The van der Waals surface area contributed by atoms with E-state index >= 15 is 0 Å². The first-order chi connectivity index (χ1) is 13.6. The van der Waals surface area contributed by atoms with Crippen LogP contribution in [-0.2, 0) is 12.3 Å². The third kappa shape index (κ3) is 4.88. The van der Waals surface area contributed by atoms with Gasteiger partial charge in [-0.15, -0.1) is 16.8 Å². The van der Waals surface area contributed by atoms with Gasteiger partial charge in [-0.05, 0) is 42.8 Å². The maximum Gasteiger partial charge on any atom is 0.191 e. The Kier molecular flexibility index (Phi) is 7.01. The van der Waals surface area contributed by atoms with E-state index in [-0.39, 0.29) is 6.10 Å². The van der Waals surface area contributed by atoms with Crippen molar-refractivity contribution in [1.29, 1.82) is 0 Å². The second kappa shape index (κ2) is 9.66. The highest BCUT2D eigenvalue weighted by Crippen LogP contribution is 2.29. The van der Waals surface area contributed by atoms with Crippen molar-refractivity contribution in [3.05, 3.63) is 77.6 Å². The van der Waals surface area contributed by atoms with Gasteiger partial charge in [0.05, 0.1) is 7.11 Å². The molecule has 0 saturated heterocycles. The fourth-order valence-corrected chi connectivity index (χ4v) is 3.92. The minimum Gasteiger partial charge on any atom is -0.497 e. The third-order valence-electron chi connectivity index (χ3n) is 4.11. The number of ether oxygens (including phenoxy) is 2. The van der Waals surface area contributed by atoms with Crippen molar-refractivity contribution in [2.75, 3.05) is 7.11 Å². The molecule has 3 aromatic rings. The summed E-state index contributed by atoms with van der Waals surface area (Å²) < 4.78 is 13.2. The van der Waals surface area contributed by atoms with Crippen molar-refractivity contribution in [1.82, 2.24) is 14.8 Å². The molecule has 0 aliphatic heterocycles. The highest BCUT2D eigenvalue weighted by atomic mass is 35.5. The summed E-state index contributed by atoms with van der Waals surface area (Å²) in [5.41, 5.74) is 1.06. The van der Waals surface area contributed by atoms with Crippen LogP contribution in [0.1, 0.15) is 24.4 Å². The highest BCUT2D eigenvalue weighted by molar-refractivity contribution is 7.98. The summed E-state index contributed by atoms with van der Waals surface area (Å²) >= 11 is 7.85. The molecule has 0 N–H and O–H groups in total.